The van der Waals surface area contributed by atoms with Gasteiger partial charge in [-0.05, 0) is 43.0 Å². The summed E-state index contributed by atoms with van der Waals surface area (Å²) >= 11 is 1.11. The van der Waals surface area contributed by atoms with Gasteiger partial charge in [0.25, 0.3) is 5.91 Å². The SMILES string of the molecule is O=C(c1cccc(CSc2nccc(C(F)(F)F)n2)c1)N1CCCCC1. The van der Waals surface area contributed by atoms with Crippen LogP contribution in [0.3, 0.4) is 0 Å². The normalized spacial score (nSPS) is 15.1. The lowest BCUT2D eigenvalue weighted by atomic mass is 10.1. The maximum absolute atomic E-state index is 12.7. The molecule has 0 aliphatic carbocycles. The van der Waals surface area contributed by atoms with Gasteiger partial charge in [-0.2, -0.15) is 13.2 Å². The molecular weight excluding hydrogens is 363 g/mol. The number of carbonyl (C=O) groups excluding carboxylic acids is 1. The predicted octanol–water partition coefficient (Wildman–Crippen LogP) is 4.41. The minimum Gasteiger partial charge on any atom is -0.339 e. The van der Waals surface area contributed by atoms with E-state index in [4.69, 9.17) is 0 Å². The average Bonchev–Trinajstić information content (AvgIpc) is 2.66. The smallest absolute Gasteiger partial charge is 0.339 e. The van der Waals surface area contributed by atoms with E-state index in [1.165, 1.54) is 0 Å². The predicted molar refractivity (Wildman–Crippen MR) is 92.8 cm³/mol. The van der Waals surface area contributed by atoms with E-state index >= 15 is 0 Å². The van der Waals surface area contributed by atoms with E-state index in [1.54, 1.807) is 18.2 Å². The molecule has 8 heteroatoms. The van der Waals surface area contributed by atoms with Crippen LogP contribution in [0.1, 0.15) is 40.9 Å². The maximum atomic E-state index is 12.7. The first-order valence-electron chi connectivity index (χ1n) is 8.35. The lowest BCUT2D eigenvalue weighted by Gasteiger charge is -2.26. The van der Waals surface area contributed by atoms with Crippen LogP contribution in [0.4, 0.5) is 13.2 Å². The van der Waals surface area contributed by atoms with Gasteiger partial charge in [-0.25, -0.2) is 9.97 Å². The van der Waals surface area contributed by atoms with Gasteiger partial charge in [0.15, 0.2) is 5.16 Å². The molecule has 0 atom stereocenters. The summed E-state index contributed by atoms with van der Waals surface area (Å²) in [5.74, 6) is 0.398. The number of amides is 1. The van der Waals surface area contributed by atoms with E-state index in [-0.39, 0.29) is 11.1 Å². The number of hydrogen-bond donors (Lipinski definition) is 0. The molecule has 2 aromatic rings. The van der Waals surface area contributed by atoms with Crippen molar-refractivity contribution in [2.24, 2.45) is 0 Å². The third kappa shape index (κ3) is 4.75. The van der Waals surface area contributed by atoms with Crippen LogP contribution in [0, 0.1) is 0 Å². The van der Waals surface area contributed by atoms with Crippen molar-refractivity contribution < 1.29 is 18.0 Å². The van der Waals surface area contributed by atoms with Crippen LogP contribution >= 0.6 is 11.8 Å². The first kappa shape index (κ1) is 18.7. The van der Waals surface area contributed by atoms with Crippen molar-refractivity contribution in [3.8, 4) is 0 Å². The van der Waals surface area contributed by atoms with Gasteiger partial charge in [-0.1, -0.05) is 23.9 Å². The zero-order valence-corrected chi connectivity index (χ0v) is 14.8. The highest BCUT2D eigenvalue weighted by molar-refractivity contribution is 7.98. The second-order valence-corrected chi connectivity index (χ2v) is 7.01. The Kier molecular flexibility index (Phi) is 5.80. The Labute approximate surface area is 153 Å². The summed E-state index contributed by atoms with van der Waals surface area (Å²) in [6.07, 6.45) is -0.187. The highest BCUT2D eigenvalue weighted by Crippen LogP contribution is 2.29. The number of likely N-dealkylation sites (tertiary alicyclic amines) is 1. The fourth-order valence-corrected chi connectivity index (χ4v) is 3.56. The number of nitrogens with zero attached hydrogens (tertiary/aromatic N) is 3. The monoisotopic (exact) mass is 381 g/mol. The number of piperidine rings is 1. The van der Waals surface area contributed by atoms with Crippen molar-refractivity contribution in [3.63, 3.8) is 0 Å². The third-order valence-corrected chi connectivity index (χ3v) is 5.04. The maximum Gasteiger partial charge on any atom is 0.433 e. The second kappa shape index (κ2) is 8.07. The van der Waals surface area contributed by atoms with E-state index < -0.39 is 11.9 Å². The van der Waals surface area contributed by atoms with Crippen molar-refractivity contribution in [2.45, 2.75) is 36.3 Å². The zero-order valence-electron chi connectivity index (χ0n) is 14.0. The lowest BCUT2D eigenvalue weighted by molar-refractivity contribution is -0.141. The topological polar surface area (TPSA) is 46.1 Å². The Morgan fingerprint density at radius 1 is 1.15 bits per heavy atom. The summed E-state index contributed by atoms with van der Waals surface area (Å²) < 4.78 is 38.1. The molecule has 3 rings (SSSR count). The summed E-state index contributed by atoms with van der Waals surface area (Å²) in [7, 11) is 0. The Bertz CT molecular complexity index is 776. The zero-order chi connectivity index (χ0) is 18.6. The van der Waals surface area contributed by atoms with Crippen molar-refractivity contribution in [1.82, 2.24) is 14.9 Å². The summed E-state index contributed by atoms with van der Waals surface area (Å²) in [5, 5.41) is 0.0626. The van der Waals surface area contributed by atoms with Gasteiger partial charge < -0.3 is 4.90 Å². The largest absolute Gasteiger partial charge is 0.433 e. The molecule has 1 aliphatic rings. The lowest BCUT2D eigenvalue weighted by Crippen LogP contribution is -2.35. The summed E-state index contributed by atoms with van der Waals surface area (Å²) in [6.45, 7) is 1.55. The van der Waals surface area contributed by atoms with Crippen LogP contribution in [-0.2, 0) is 11.9 Å². The Balaban J connectivity index is 1.66. The number of carbonyl (C=O) groups is 1. The van der Waals surface area contributed by atoms with E-state index in [9.17, 15) is 18.0 Å². The van der Waals surface area contributed by atoms with Gasteiger partial charge in [0, 0.05) is 30.6 Å². The van der Waals surface area contributed by atoms with Gasteiger partial charge in [0.05, 0.1) is 0 Å². The summed E-state index contributed by atoms with van der Waals surface area (Å²) in [4.78, 5) is 21.8. The molecule has 2 heterocycles. The van der Waals surface area contributed by atoms with E-state index in [2.05, 4.69) is 9.97 Å². The minimum atomic E-state index is -4.49. The standard InChI is InChI=1S/C18H18F3N3OS/c19-18(20,21)15-7-8-22-17(23-15)26-12-13-5-4-6-14(11-13)16(25)24-9-2-1-3-10-24/h4-8,11H,1-3,9-10,12H2. The molecule has 0 spiro atoms. The van der Waals surface area contributed by atoms with Crippen LogP contribution in [0.25, 0.3) is 0 Å². The van der Waals surface area contributed by atoms with Gasteiger partial charge in [0.2, 0.25) is 0 Å². The van der Waals surface area contributed by atoms with Crippen LogP contribution < -0.4 is 0 Å². The molecular formula is C18H18F3N3OS. The van der Waals surface area contributed by atoms with E-state index in [0.717, 1.165) is 61.9 Å². The van der Waals surface area contributed by atoms with Crippen molar-refractivity contribution >= 4 is 17.7 Å². The molecule has 4 nitrogen and oxygen atoms in total. The first-order chi connectivity index (χ1) is 12.4. The van der Waals surface area contributed by atoms with Gasteiger partial charge in [0.1, 0.15) is 5.69 Å². The quantitative estimate of drug-likeness (QED) is 0.581. The molecule has 0 unspecified atom stereocenters. The number of hydrogen-bond acceptors (Lipinski definition) is 4. The van der Waals surface area contributed by atoms with Gasteiger partial charge in [-0.3, -0.25) is 4.79 Å². The number of aromatic nitrogens is 2. The fraction of sp³-hybridized carbons (Fsp3) is 0.389. The number of benzene rings is 1. The molecule has 1 aliphatic heterocycles. The molecule has 138 valence electrons. The highest BCUT2D eigenvalue weighted by Gasteiger charge is 2.32. The number of thioether (sulfide) groups is 1. The first-order valence-corrected chi connectivity index (χ1v) is 9.33. The Morgan fingerprint density at radius 3 is 2.65 bits per heavy atom. The van der Waals surface area contributed by atoms with Crippen LogP contribution in [0.5, 0.6) is 0 Å². The molecule has 1 saturated heterocycles. The fourth-order valence-electron chi connectivity index (χ4n) is 2.79. The second-order valence-electron chi connectivity index (χ2n) is 6.06. The van der Waals surface area contributed by atoms with Crippen molar-refractivity contribution in [1.29, 1.82) is 0 Å². The molecule has 0 N–H and O–H groups in total. The Hall–Kier alpha value is -2.09. The van der Waals surface area contributed by atoms with Crippen LogP contribution in [0.15, 0.2) is 41.7 Å². The molecule has 1 fully saturated rings. The van der Waals surface area contributed by atoms with E-state index in [0.29, 0.717) is 11.3 Å². The van der Waals surface area contributed by atoms with Crippen LogP contribution in [0.2, 0.25) is 0 Å². The van der Waals surface area contributed by atoms with E-state index in [1.807, 2.05) is 11.0 Å². The van der Waals surface area contributed by atoms with Crippen LogP contribution in [-0.4, -0.2) is 33.9 Å². The van der Waals surface area contributed by atoms with Gasteiger partial charge in [-0.15, -0.1) is 0 Å². The Morgan fingerprint density at radius 2 is 1.92 bits per heavy atom. The van der Waals surface area contributed by atoms with Crippen molar-refractivity contribution in [3.05, 3.63) is 53.3 Å². The molecule has 1 aromatic heterocycles. The molecule has 0 saturated carbocycles. The summed E-state index contributed by atoms with van der Waals surface area (Å²) in [5.41, 5.74) is 0.498. The molecule has 26 heavy (non-hydrogen) atoms. The number of rotatable bonds is 4. The number of halogens is 3. The molecule has 1 aromatic carbocycles. The minimum absolute atomic E-state index is 0.00636. The van der Waals surface area contributed by atoms with Gasteiger partial charge >= 0.3 is 6.18 Å². The molecule has 0 radical (unpaired) electrons. The molecule has 1 amide bonds. The summed E-state index contributed by atoms with van der Waals surface area (Å²) in [6, 6.07) is 8.04. The highest BCUT2D eigenvalue weighted by atomic mass is 32.2. The third-order valence-electron chi connectivity index (χ3n) is 4.11. The van der Waals surface area contributed by atoms with Crippen molar-refractivity contribution in [2.75, 3.05) is 13.1 Å². The molecule has 0 bridgehead atoms. The average molecular weight is 381 g/mol. The number of alkyl halides is 3.